The van der Waals surface area contributed by atoms with Gasteiger partial charge in [-0.1, -0.05) is 60.7 Å². The van der Waals surface area contributed by atoms with Crippen molar-refractivity contribution in [2.24, 2.45) is 0 Å². The van der Waals surface area contributed by atoms with Crippen LogP contribution in [0.2, 0.25) is 0 Å². The standard InChI is InChI=1S/C22H26N4/c1-4-26(16-18-11-7-5-8-12-18)21-15-20(19-13-9-6-10-14-19)24-22(25-21)23-17(2)3/h5-15,17H,4,16H2,1-3H3,(H,23,24,25). The minimum absolute atomic E-state index is 0.276. The fourth-order valence-corrected chi connectivity index (χ4v) is 2.83. The topological polar surface area (TPSA) is 41.1 Å². The number of nitrogens with zero attached hydrogens (tertiary/aromatic N) is 3. The van der Waals surface area contributed by atoms with Gasteiger partial charge in [-0.15, -0.1) is 0 Å². The molecule has 4 nitrogen and oxygen atoms in total. The maximum Gasteiger partial charge on any atom is 0.225 e. The zero-order valence-corrected chi connectivity index (χ0v) is 15.7. The maximum absolute atomic E-state index is 4.77. The van der Waals surface area contributed by atoms with Gasteiger partial charge in [-0.25, -0.2) is 4.98 Å². The summed E-state index contributed by atoms with van der Waals surface area (Å²) in [6, 6.07) is 23.1. The SMILES string of the molecule is CCN(Cc1ccccc1)c1cc(-c2ccccc2)nc(NC(C)C)n1. The number of hydrogen-bond donors (Lipinski definition) is 1. The van der Waals surface area contributed by atoms with Gasteiger partial charge in [0.2, 0.25) is 5.95 Å². The van der Waals surface area contributed by atoms with E-state index in [9.17, 15) is 0 Å². The molecule has 0 aliphatic rings. The van der Waals surface area contributed by atoms with Crippen LogP contribution in [0.25, 0.3) is 11.3 Å². The van der Waals surface area contributed by atoms with Crippen molar-refractivity contribution in [1.29, 1.82) is 0 Å². The average molecular weight is 346 g/mol. The largest absolute Gasteiger partial charge is 0.352 e. The summed E-state index contributed by atoms with van der Waals surface area (Å²) in [4.78, 5) is 11.8. The van der Waals surface area contributed by atoms with Crippen LogP contribution in [0, 0.1) is 0 Å². The Bertz CT molecular complexity index is 816. The Labute approximate surface area is 155 Å². The molecular formula is C22H26N4. The molecule has 0 bridgehead atoms. The van der Waals surface area contributed by atoms with Gasteiger partial charge in [-0.3, -0.25) is 0 Å². The van der Waals surface area contributed by atoms with Crippen LogP contribution in [0.15, 0.2) is 66.7 Å². The van der Waals surface area contributed by atoms with Crippen molar-refractivity contribution in [3.8, 4) is 11.3 Å². The lowest BCUT2D eigenvalue weighted by molar-refractivity contribution is 0.805. The molecule has 0 radical (unpaired) electrons. The van der Waals surface area contributed by atoms with Crippen LogP contribution in [0.5, 0.6) is 0 Å². The monoisotopic (exact) mass is 346 g/mol. The molecule has 26 heavy (non-hydrogen) atoms. The molecule has 0 aliphatic carbocycles. The van der Waals surface area contributed by atoms with E-state index in [-0.39, 0.29) is 6.04 Å². The van der Waals surface area contributed by atoms with Crippen LogP contribution in [0.3, 0.4) is 0 Å². The molecule has 1 N–H and O–H groups in total. The number of nitrogens with one attached hydrogen (secondary N) is 1. The van der Waals surface area contributed by atoms with Crippen LogP contribution in [0.1, 0.15) is 26.3 Å². The first-order chi connectivity index (χ1) is 12.7. The number of rotatable bonds is 7. The van der Waals surface area contributed by atoms with Gasteiger partial charge in [0.1, 0.15) is 5.82 Å². The van der Waals surface area contributed by atoms with Crippen LogP contribution < -0.4 is 10.2 Å². The highest BCUT2D eigenvalue weighted by molar-refractivity contribution is 5.65. The van der Waals surface area contributed by atoms with Gasteiger partial charge in [0, 0.05) is 30.8 Å². The Morgan fingerprint density at radius 3 is 2.19 bits per heavy atom. The molecule has 134 valence electrons. The van der Waals surface area contributed by atoms with E-state index < -0.39 is 0 Å². The summed E-state index contributed by atoms with van der Waals surface area (Å²) in [7, 11) is 0. The molecule has 3 rings (SSSR count). The normalized spacial score (nSPS) is 10.8. The van der Waals surface area contributed by atoms with Gasteiger partial charge in [0.05, 0.1) is 5.69 Å². The number of anilines is 2. The maximum atomic E-state index is 4.77. The van der Waals surface area contributed by atoms with Gasteiger partial charge >= 0.3 is 0 Å². The van der Waals surface area contributed by atoms with E-state index in [1.54, 1.807) is 0 Å². The van der Waals surface area contributed by atoms with Gasteiger partial charge in [0.25, 0.3) is 0 Å². The summed E-state index contributed by atoms with van der Waals surface area (Å²) < 4.78 is 0. The van der Waals surface area contributed by atoms with Crippen molar-refractivity contribution in [2.45, 2.75) is 33.4 Å². The molecule has 0 spiro atoms. The smallest absolute Gasteiger partial charge is 0.225 e. The fraction of sp³-hybridized carbons (Fsp3) is 0.273. The Kier molecular flexibility index (Phi) is 5.84. The summed E-state index contributed by atoms with van der Waals surface area (Å²) in [5, 5.41) is 3.35. The van der Waals surface area contributed by atoms with Crippen LogP contribution >= 0.6 is 0 Å². The molecule has 0 fully saturated rings. The van der Waals surface area contributed by atoms with E-state index in [1.165, 1.54) is 5.56 Å². The third-order valence-electron chi connectivity index (χ3n) is 4.12. The van der Waals surface area contributed by atoms with Gasteiger partial charge < -0.3 is 10.2 Å². The second-order valence-corrected chi connectivity index (χ2v) is 6.60. The van der Waals surface area contributed by atoms with E-state index in [2.05, 4.69) is 73.5 Å². The molecule has 0 aliphatic heterocycles. The Morgan fingerprint density at radius 2 is 1.58 bits per heavy atom. The summed E-state index contributed by atoms with van der Waals surface area (Å²) in [6.45, 7) is 8.05. The molecular weight excluding hydrogens is 320 g/mol. The van der Waals surface area contributed by atoms with Crippen molar-refractivity contribution >= 4 is 11.8 Å². The van der Waals surface area contributed by atoms with Crippen molar-refractivity contribution in [1.82, 2.24) is 9.97 Å². The molecule has 0 atom stereocenters. The van der Waals surface area contributed by atoms with Crippen LogP contribution in [-0.2, 0) is 6.54 Å². The minimum Gasteiger partial charge on any atom is -0.352 e. The van der Waals surface area contributed by atoms with Crippen molar-refractivity contribution < 1.29 is 0 Å². The molecule has 2 aromatic carbocycles. The number of hydrogen-bond acceptors (Lipinski definition) is 4. The molecule has 1 heterocycles. The van der Waals surface area contributed by atoms with E-state index in [0.29, 0.717) is 5.95 Å². The first-order valence-corrected chi connectivity index (χ1v) is 9.15. The first kappa shape index (κ1) is 17.9. The molecule has 0 amide bonds. The predicted octanol–water partition coefficient (Wildman–Crippen LogP) is 4.99. The lowest BCUT2D eigenvalue weighted by Crippen LogP contribution is -2.24. The van der Waals surface area contributed by atoms with Crippen molar-refractivity contribution in [3.63, 3.8) is 0 Å². The highest BCUT2D eigenvalue weighted by Crippen LogP contribution is 2.24. The highest BCUT2D eigenvalue weighted by atomic mass is 15.2. The molecule has 0 unspecified atom stereocenters. The summed E-state index contributed by atoms with van der Waals surface area (Å²) in [5.74, 6) is 1.61. The Hall–Kier alpha value is -2.88. The second kappa shape index (κ2) is 8.48. The zero-order valence-electron chi connectivity index (χ0n) is 15.7. The second-order valence-electron chi connectivity index (χ2n) is 6.60. The van der Waals surface area contributed by atoms with E-state index in [0.717, 1.165) is 30.2 Å². The molecule has 4 heteroatoms. The van der Waals surface area contributed by atoms with Crippen molar-refractivity contribution in [2.75, 3.05) is 16.8 Å². The van der Waals surface area contributed by atoms with Crippen LogP contribution in [-0.4, -0.2) is 22.6 Å². The Morgan fingerprint density at radius 1 is 0.923 bits per heavy atom. The lowest BCUT2D eigenvalue weighted by Gasteiger charge is -2.23. The minimum atomic E-state index is 0.276. The van der Waals surface area contributed by atoms with Crippen molar-refractivity contribution in [3.05, 3.63) is 72.3 Å². The molecule has 3 aromatic rings. The number of benzene rings is 2. The third-order valence-corrected chi connectivity index (χ3v) is 4.12. The fourth-order valence-electron chi connectivity index (χ4n) is 2.83. The highest BCUT2D eigenvalue weighted by Gasteiger charge is 2.13. The molecule has 0 saturated carbocycles. The lowest BCUT2D eigenvalue weighted by atomic mass is 10.1. The summed E-state index contributed by atoms with van der Waals surface area (Å²) in [5.41, 5.74) is 3.30. The van der Waals surface area contributed by atoms with E-state index in [1.807, 2.05) is 24.3 Å². The predicted molar refractivity (Wildman–Crippen MR) is 109 cm³/mol. The first-order valence-electron chi connectivity index (χ1n) is 9.15. The van der Waals surface area contributed by atoms with E-state index >= 15 is 0 Å². The van der Waals surface area contributed by atoms with Crippen LogP contribution in [0.4, 0.5) is 11.8 Å². The number of aromatic nitrogens is 2. The van der Waals surface area contributed by atoms with Gasteiger partial charge in [-0.2, -0.15) is 4.98 Å². The quantitative estimate of drug-likeness (QED) is 0.654. The van der Waals surface area contributed by atoms with Gasteiger partial charge in [-0.05, 0) is 26.3 Å². The Balaban J connectivity index is 1.98. The van der Waals surface area contributed by atoms with E-state index in [4.69, 9.17) is 9.97 Å². The third kappa shape index (κ3) is 4.60. The molecule has 0 saturated heterocycles. The molecule has 1 aromatic heterocycles. The van der Waals surface area contributed by atoms with Gasteiger partial charge in [0.15, 0.2) is 0 Å². The summed E-state index contributed by atoms with van der Waals surface area (Å²) in [6.07, 6.45) is 0. The average Bonchev–Trinajstić information content (AvgIpc) is 2.67. The summed E-state index contributed by atoms with van der Waals surface area (Å²) >= 11 is 0. The zero-order chi connectivity index (χ0) is 18.4.